The van der Waals surface area contributed by atoms with Crippen molar-refractivity contribution >= 4 is 34.8 Å². The summed E-state index contributed by atoms with van der Waals surface area (Å²) in [5.41, 5.74) is 1.78. The van der Waals surface area contributed by atoms with Gasteiger partial charge in [0.2, 0.25) is 0 Å². The summed E-state index contributed by atoms with van der Waals surface area (Å²) in [5, 5.41) is 9.92. The maximum atomic E-state index is 12.6. The summed E-state index contributed by atoms with van der Waals surface area (Å²) in [7, 11) is 0. The third kappa shape index (κ3) is 3.28. The summed E-state index contributed by atoms with van der Waals surface area (Å²) in [6.45, 7) is 4.15. The molecule has 6 heteroatoms. The van der Waals surface area contributed by atoms with E-state index < -0.39 is 0 Å². The first-order chi connectivity index (χ1) is 9.93. The van der Waals surface area contributed by atoms with Crippen LogP contribution in [0, 0.1) is 6.92 Å². The van der Waals surface area contributed by atoms with Crippen LogP contribution in [0.2, 0.25) is 10.3 Å². The highest BCUT2D eigenvalue weighted by molar-refractivity contribution is 6.35. The van der Waals surface area contributed by atoms with Crippen LogP contribution >= 0.6 is 23.2 Å². The topological polar surface area (TPSA) is 53.4 Å². The van der Waals surface area contributed by atoms with Crippen molar-refractivity contribution < 1.29 is 9.90 Å². The van der Waals surface area contributed by atoms with Crippen molar-refractivity contribution in [1.82, 2.24) is 4.98 Å². The first-order valence-electron chi connectivity index (χ1n) is 6.37. The third-order valence-electron chi connectivity index (χ3n) is 3.09. The molecule has 110 valence electrons. The lowest BCUT2D eigenvalue weighted by molar-refractivity contribution is 0.0988. The van der Waals surface area contributed by atoms with Crippen molar-refractivity contribution in [3.63, 3.8) is 0 Å². The van der Waals surface area contributed by atoms with Gasteiger partial charge in [-0.2, -0.15) is 0 Å². The van der Waals surface area contributed by atoms with E-state index in [-0.39, 0.29) is 27.5 Å². The van der Waals surface area contributed by atoms with Gasteiger partial charge >= 0.3 is 0 Å². The van der Waals surface area contributed by atoms with Gasteiger partial charge in [-0.3, -0.25) is 4.79 Å². The molecule has 0 aliphatic heterocycles. The van der Waals surface area contributed by atoms with Crippen LogP contribution in [-0.4, -0.2) is 22.5 Å². The van der Waals surface area contributed by atoms with Crippen LogP contribution < -0.4 is 4.90 Å². The molecule has 0 saturated carbocycles. The van der Waals surface area contributed by atoms with Crippen molar-refractivity contribution in [3.05, 3.63) is 51.8 Å². The minimum atomic E-state index is -0.291. The van der Waals surface area contributed by atoms with Gasteiger partial charge in [0.05, 0.1) is 11.3 Å². The van der Waals surface area contributed by atoms with Crippen LogP contribution in [0.15, 0.2) is 30.3 Å². The number of hydrogen-bond acceptors (Lipinski definition) is 3. The maximum Gasteiger partial charge on any atom is 0.261 e. The monoisotopic (exact) mass is 324 g/mol. The van der Waals surface area contributed by atoms with E-state index in [2.05, 4.69) is 4.98 Å². The molecule has 1 aromatic heterocycles. The molecule has 21 heavy (non-hydrogen) atoms. The molecule has 1 amide bonds. The zero-order valence-corrected chi connectivity index (χ0v) is 13.1. The van der Waals surface area contributed by atoms with Gasteiger partial charge in [-0.1, -0.05) is 29.3 Å². The molecule has 0 unspecified atom stereocenters. The second-order valence-electron chi connectivity index (χ2n) is 4.49. The molecule has 0 atom stereocenters. The summed E-state index contributed by atoms with van der Waals surface area (Å²) < 4.78 is 0. The fraction of sp³-hybridized carbons (Fsp3) is 0.200. The lowest BCUT2D eigenvalue weighted by Gasteiger charge is -2.23. The summed E-state index contributed by atoms with van der Waals surface area (Å²) in [6, 6.07) is 7.94. The van der Waals surface area contributed by atoms with Crippen molar-refractivity contribution in [2.24, 2.45) is 0 Å². The first-order valence-corrected chi connectivity index (χ1v) is 7.13. The zero-order valence-electron chi connectivity index (χ0n) is 11.6. The Bertz CT molecular complexity index is 689. The van der Waals surface area contributed by atoms with Gasteiger partial charge in [0.1, 0.15) is 16.1 Å². The molecule has 0 aliphatic rings. The van der Waals surface area contributed by atoms with Gasteiger partial charge < -0.3 is 10.0 Å². The molecule has 4 nitrogen and oxygen atoms in total. The Hall–Kier alpha value is -1.78. The Morgan fingerprint density at radius 3 is 2.62 bits per heavy atom. The number of rotatable bonds is 3. The minimum absolute atomic E-state index is 0.0590. The summed E-state index contributed by atoms with van der Waals surface area (Å²) in [6.07, 6.45) is 0. The Balaban J connectivity index is 2.45. The number of halogens is 2. The molecule has 0 saturated heterocycles. The number of hydrogen-bond donors (Lipinski definition) is 1. The van der Waals surface area contributed by atoms with Crippen molar-refractivity contribution in [2.75, 3.05) is 11.4 Å². The van der Waals surface area contributed by atoms with Gasteiger partial charge in [0.25, 0.3) is 5.91 Å². The number of anilines is 1. The molecule has 1 heterocycles. The highest BCUT2D eigenvalue weighted by atomic mass is 35.5. The predicted molar refractivity (Wildman–Crippen MR) is 84.5 cm³/mol. The number of aryl methyl sites for hydroxylation is 1. The second-order valence-corrected chi connectivity index (χ2v) is 5.24. The van der Waals surface area contributed by atoms with E-state index in [9.17, 15) is 9.90 Å². The largest absolute Gasteiger partial charge is 0.508 e. The molecule has 2 rings (SSSR count). The zero-order chi connectivity index (χ0) is 15.6. The number of nitrogens with zero attached hydrogens (tertiary/aromatic N) is 2. The normalized spacial score (nSPS) is 10.5. The third-order valence-corrected chi connectivity index (χ3v) is 3.59. The fourth-order valence-electron chi connectivity index (χ4n) is 2.03. The molecule has 1 aromatic carbocycles. The maximum absolute atomic E-state index is 12.6. The molecule has 0 radical (unpaired) electrons. The van der Waals surface area contributed by atoms with Gasteiger partial charge in [0.15, 0.2) is 0 Å². The van der Waals surface area contributed by atoms with Gasteiger partial charge in [-0.15, -0.1) is 0 Å². The number of aromatic nitrogens is 1. The lowest BCUT2D eigenvalue weighted by atomic mass is 10.1. The molecule has 1 N–H and O–H groups in total. The number of pyridine rings is 1. The average molecular weight is 325 g/mol. The molecule has 0 bridgehead atoms. The second kappa shape index (κ2) is 6.33. The lowest BCUT2D eigenvalue weighted by Crippen LogP contribution is -2.31. The van der Waals surface area contributed by atoms with Crippen LogP contribution in [0.3, 0.4) is 0 Å². The average Bonchev–Trinajstić information content (AvgIpc) is 2.43. The summed E-state index contributed by atoms with van der Waals surface area (Å²) in [4.78, 5) is 18.1. The van der Waals surface area contributed by atoms with E-state index in [0.717, 1.165) is 5.56 Å². The SMILES string of the molecule is CCN(C(=O)c1ccc(Cl)nc1Cl)c1cc(O)ccc1C. The van der Waals surface area contributed by atoms with Crippen LogP contribution in [-0.2, 0) is 0 Å². The van der Waals surface area contributed by atoms with Crippen LogP contribution in [0.5, 0.6) is 5.75 Å². The Morgan fingerprint density at radius 2 is 2.00 bits per heavy atom. The fourth-order valence-corrected chi connectivity index (χ4v) is 2.45. The number of phenols is 1. The molecule has 0 spiro atoms. The summed E-state index contributed by atoms with van der Waals surface area (Å²) in [5.74, 6) is -0.192. The smallest absolute Gasteiger partial charge is 0.261 e. The minimum Gasteiger partial charge on any atom is -0.508 e. The molecule has 0 aliphatic carbocycles. The molecular weight excluding hydrogens is 311 g/mol. The highest BCUT2D eigenvalue weighted by Gasteiger charge is 2.21. The summed E-state index contributed by atoms with van der Waals surface area (Å²) >= 11 is 11.7. The van der Waals surface area contributed by atoms with Crippen LogP contribution in [0.25, 0.3) is 0 Å². The number of amides is 1. The van der Waals surface area contributed by atoms with Gasteiger partial charge in [0, 0.05) is 12.6 Å². The molecular formula is C15H14Cl2N2O2. The van der Waals surface area contributed by atoms with E-state index in [1.807, 2.05) is 13.8 Å². The van der Waals surface area contributed by atoms with E-state index >= 15 is 0 Å². The number of aromatic hydroxyl groups is 1. The van der Waals surface area contributed by atoms with Gasteiger partial charge in [-0.25, -0.2) is 4.98 Å². The Kier molecular flexibility index (Phi) is 4.70. The van der Waals surface area contributed by atoms with Crippen LogP contribution in [0.4, 0.5) is 5.69 Å². The van der Waals surface area contributed by atoms with Gasteiger partial charge in [-0.05, 0) is 37.6 Å². The Morgan fingerprint density at radius 1 is 1.29 bits per heavy atom. The van der Waals surface area contributed by atoms with Crippen molar-refractivity contribution in [2.45, 2.75) is 13.8 Å². The number of carbonyl (C=O) groups is 1. The van der Waals surface area contributed by atoms with Crippen LogP contribution in [0.1, 0.15) is 22.8 Å². The van der Waals surface area contributed by atoms with Crippen molar-refractivity contribution in [3.8, 4) is 5.75 Å². The van der Waals surface area contributed by atoms with E-state index in [0.29, 0.717) is 12.2 Å². The standard InChI is InChI=1S/C15H14Cl2N2O2/c1-3-19(12-8-10(20)5-4-9(12)2)15(21)11-6-7-13(16)18-14(11)17/h4-8,20H,3H2,1-2H3. The van der Waals surface area contributed by atoms with E-state index in [1.54, 1.807) is 24.3 Å². The van der Waals surface area contributed by atoms with Crippen molar-refractivity contribution in [1.29, 1.82) is 0 Å². The van der Waals surface area contributed by atoms with E-state index in [1.165, 1.54) is 11.0 Å². The Labute approximate surface area is 132 Å². The number of phenolic OH excluding ortho intramolecular Hbond substituents is 1. The highest BCUT2D eigenvalue weighted by Crippen LogP contribution is 2.27. The quantitative estimate of drug-likeness (QED) is 0.866. The molecule has 2 aromatic rings. The molecule has 0 fully saturated rings. The van der Waals surface area contributed by atoms with E-state index in [4.69, 9.17) is 23.2 Å². The predicted octanol–water partition coefficient (Wildman–Crippen LogP) is 4.07. The number of benzene rings is 1. The number of carbonyl (C=O) groups excluding carboxylic acids is 1. The first kappa shape index (κ1) is 15.6.